The molecule has 24 heavy (non-hydrogen) atoms. The van der Waals surface area contributed by atoms with Gasteiger partial charge in [-0.3, -0.25) is 18.9 Å². The van der Waals surface area contributed by atoms with Crippen LogP contribution in [0.4, 0.5) is 0 Å². The quantitative estimate of drug-likeness (QED) is 0.488. The minimum absolute atomic E-state index is 0.310. The number of carbonyl (C=O) groups is 3. The van der Waals surface area contributed by atoms with E-state index in [0.717, 1.165) is 0 Å². The number of carboxylic acid groups (broad SMARTS) is 2. The lowest BCUT2D eigenvalue weighted by Gasteiger charge is -2.30. The van der Waals surface area contributed by atoms with E-state index in [1.807, 2.05) is 0 Å². The molecule has 8 nitrogen and oxygen atoms in total. The highest BCUT2D eigenvalue weighted by molar-refractivity contribution is 7.39. The molecule has 0 aliphatic carbocycles. The summed E-state index contributed by atoms with van der Waals surface area (Å²) in [6.45, 7) is 1.22. The molecule has 0 saturated heterocycles. The van der Waals surface area contributed by atoms with E-state index in [-0.39, 0.29) is 6.42 Å². The van der Waals surface area contributed by atoms with Crippen molar-refractivity contribution in [1.29, 1.82) is 0 Å². The Bertz CT molecular complexity index is 620. The van der Waals surface area contributed by atoms with E-state index in [2.05, 4.69) is 5.32 Å². The first-order chi connectivity index (χ1) is 11.2. The van der Waals surface area contributed by atoms with Gasteiger partial charge < -0.3 is 20.4 Å². The van der Waals surface area contributed by atoms with Gasteiger partial charge in [0.1, 0.15) is 0 Å². The summed E-state index contributed by atoms with van der Waals surface area (Å²) < 4.78 is 11.9. The van der Waals surface area contributed by atoms with E-state index in [4.69, 9.17) is 5.11 Å². The van der Waals surface area contributed by atoms with Crippen molar-refractivity contribution in [2.45, 2.75) is 31.5 Å². The fraction of sp³-hybridized carbons (Fsp3) is 0.400. The minimum Gasteiger partial charge on any atom is -0.481 e. The number of aliphatic carboxylic acids is 2. The van der Waals surface area contributed by atoms with Gasteiger partial charge in [0.25, 0.3) is 0 Å². The van der Waals surface area contributed by atoms with Gasteiger partial charge in [0.15, 0.2) is 8.03 Å². The molecule has 0 aromatic heterocycles. The molecule has 9 heteroatoms. The van der Waals surface area contributed by atoms with Gasteiger partial charge in [0.05, 0.1) is 17.6 Å². The van der Waals surface area contributed by atoms with Crippen molar-refractivity contribution in [2.75, 3.05) is 0 Å². The largest absolute Gasteiger partial charge is 0.481 e. The third-order valence-corrected chi connectivity index (χ3v) is 4.89. The molecular weight excluding hydrogens is 337 g/mol. The van der Waals surface area contributed by atoms with Crippen LogP contribution < -0.4 is 5.32 Å². The second-order valence-corrected chi connectivity index (χ2v) is 6.67. The molecule has 0 fully saturated rings. The Morgan fingerprint density at radius 3 is 2.17 bits per heavy atom. The maximum absolute atomic E-state index is 11.9. The Labute approximate surface area is 139 Å². The molecule has 0 heterocycles. The standard InChI is InChI=1S/C15H20NO7P/c1-9(17)16-13(10-5-3-2-4-6-10)14(24(22)23)11(15(20)21)7-8-12(18)19/h2-6,11,13-14,24H,7-8H2,1H3,(H,16,17)(H,18,19)(H,20,21)(H,22,23). The fourth-order valence-electron chi connectivity index (χ4n) is 2.54. The van der Waals surface area contributed by atoms with Crippen LogP contribution in [-0.4, -0.2) is 38.6 Å². The van der Waals surface area contributed by atoms with Crippen molar-refractivity contribution in [3.05, 3.63) is 35.9 Å². The molecule has 0 radical (unpaired) electrons. The lowest BCUT2D eigenvalue weighted by Crippen LogP contribution is -2.40. The van der Waals surface area contributed by atoms with E-state index in [9.17, 15) is 28.9 Å². The number of rotatable bonds is 9. The van der Waals surface area contributed by atoms with Gasteiger partial charge in [0, 0.05) is 13.3 Å². The van der Waals surface area contributed by atoms with Crippen LogP contribution in [-0.2, 0) is 18.9 Å². The summed E-state index contributed by atoms with van der Waals surface area (Å²) in [6, 6.07) is 7.23. The van der Waals surface area contributed by atoms with Crippen LogP contribution in [0.3, 0.4) is 0 Å². The predicted octanol–water partition coefficient (Wildman–Crippen LogP) is 1.26. The SMILES string of the molecule is CC(=O)NC(c1ccccc1)C(C(CCC(=O)O)C(=O)O)[PH](=O)O. The Balaban J connectivity index is 3.27. The van der Waals surface area contributed by atoms with Gasteiger partial charge in [-0.25, -0.2) is 0 Å². The van der Waals surface area contributed by atoms with E-state index >= 15 is 0 Å². The van der Waals surface area contributed by atoms with Crippen molar-refractivity contribution in [2.24, 2.45) is 5.92 Å². The molecule has 0 spiro atoms. The molecule has 0 saturated carbocycles. The van der Waals surface area contributed by atoms with Gasteiger partial charge in [0.2, 0.25) is 5.91 Å². The maximum Gasteiger partial charge on any atom is 0.307 e. The topological polar surface area (TPSA) is 141 Å². The molecule has 1 aromatic rings. The monoisotopic (exact) mass is 357 g/mol. The van der Waals surface area contributed by atoms with Gasteiger partial charge in [-0.2, -0.15) is 0 Å². The summed E-state index contributed by atoms with van der Waals surface area (Å²) >= 11 is 0. The number of hydrogen-bond donors (Lipinski definition) is 4. The van der Waals surface area contributed by atoms with Crippen molar-refractivity contribution in [3.8, 4) is 0 Å². The Kier molecular flexibility index (Phi) is 7.61. The molecule has 4 N–H and O–H groups in total. The summed E-state index contributed by atoms with van der Waals surface area (Å²) in [5.41, 5.74) is -0.843. The van der Waals surface area contributed by atoms with Crippen LogP contribution in [0, 0.1) is 5.92 Å². The first-order valence-electron chi connectivity index (χ1n) is 7.23. The van der Waals surface area contributed by atoms with Gasteiger partial charge in [-0.05, 0) is 12.0 Å². The second kappa shape index (κ2) is 9.20. The zero-order valence-electron chi connectivity index (χ0n) is 13.0. The van der Waals surface area contributed by atoms with Crippen molar-refractivity contribution >= 4 is 25.9 Å². The lowest BCUT2D eigenvalue weighted by molar-refractivity contribution is -0.143. The van der Waals surface area contributed by atoms with Crippen LogP contribution in [0.1, 0.15) is 31.4 Å². The van der Waals surface area contributed by atoms with Gasteiger partial charge >= 0.3 is 11.9 Å². The normalized spacial score (nSPS) is 15.8. The van der Waals surface area contributed by atoms with Gasteiger partial charge in [-0.15, -0.1) is 0 Å². The lowest BCUT2D eigenvalue weighted by atomic mass is 9.90. The first-order valence-corrected chi connectivity index (χ1v) is 8.66. The highest BCUT2D eigenvalue weighted by atomic mass is 31.1. The summed E-state index contributed by atoms with van der Waals surface area (Å²) in [6.07, 6.45) is -0.764. The summed E-state index contributed by atoms with van der Waals surface area (Å²) in [5, 5.41) is 20.7. The van der Waals surface area contributed by atoms with E-state index in [0.29, 0.717) is 5.56 Å². The van der Waals surface area contributed by atoms with E-state index in [1.54, 1.807) is 30.3 Å². The number of carbonyl (C=O) groups excluding carboxylic acids is 1. The maximum atomic E-state index is 11.9. The average Bonchev–Trinajstić information content (AvgIpc) is 2.49. The third kappa shape index (κ3) is 5.79. The minimum atomic E-state index is -3.39. The van der Waals surface area contributed by atoms with Crippen molar-refractivity contribution in [3.63, 3.8) is 0 Å². The smallest absolute Gasteiger partial charge is 0.307 e. The molecule has 0 aliphatic rings. The van der Waals surface area contributed by atoms with E-state index in [1.165, 1.54) is 6.92 Å². The first kappa shape index (κ1) is 19.9. The predicted molar refractivity (Wildman–Crippen MR) is 86.0 cm³/mol. The summed E-state index contributed by atoms with van der Waals surface area (Å²) in [4.78, 5) is 43.5. The fourth-order valence-corrected chi connectivity index (χ4v) is 3.76. The molecule has 132 valence electrons. The molecule has 1 aromatic carbocycles. The zero-order chi connectivity index (χ0) is 18.3. The van der Waals surface area contributed by atoms with Crippen molar-refractivity contribution < 1.29 is 34.1 Å². The number of benzene rings is 1. The molecule has 0 aliphatic heterocycles. The van der Waals surface area contributed by atoms with Crippen LogP contribution in [0.25, 0.3) is 0 Å². The molecule has 4 atom stereocenters. The molecule has 1 amide bonds. The number of nitrogens with one attached hydrogen (secondary N) is 1. The number of hydrogen-bond acceptors (Lipinski definition) is 4. The molecule has 1 rings (SSSR count). The van der Waals surface area contributed by atoms with Crippen LogP contribution in [0.15, 0.2) is 30.3 Å². The molecule has 4 unspecified atom stereocenters. The Hall–Kier alpha value is -2.18. The Morgan fingerprint density at radius 2 is 1.75 bits per heavy atom. The van der Waals surface area contributed by atoms with Crippen LogP contribution in [0.5, 0.6) is 0 Å². The van der Waals surface area contributed by atoms with Crippen molar-refractivity contribution in [1.82, 2.24) is 5.32 Å². The zero-order valence-corrected chi connectivity index (χ0v) is 14.0. The summed E-state index contributed by atoms with van der Waals surface area (Å²) in [5.74, 6) is -4.44. The number of amides is 1. The highest BCUT2D eigenvalue weighted by Gasteiger charge is 2.39. The molecular formula is C15H20NO7P. The second-order valence-electron chi connectivity index (χ2n) is 5.33. The molecule has 0 bridgehead atoms. The third-order valence-electron chi connectivity index (χ3n) is 3.58. The van der Waals surface area contributed by atoms with Crippen LogP contribution >= 0.6 is 8.03 Å². The summed E-state index contributed by atoms with van der Waals surface area (Å²) in [7, 11) is -3.39. The average molecular weight is 357 g/mol. The highest BCUT2D eigenvalue weighted by Crippen LogP contribution is 2.40. The van der Waals surface area contributed by atoms with E-state index < -0.39 is 49.9 Å². The Morgan fingerprint density at radius 1 is 1.17 bits per heavy atom. The van der Waals surface area contributed by atoms with Crippen LogP contribution in [0.2, 0.25) is 0 Å². The van der Waals surface area contributed by atoms with Gasteiger partial charge in [-0.1, -0.05) is 30.3 Å². The number of carboxylic acids is 2.